The molecule has 1 aliphatic heterocycles. The number of amides is 3. The maximum Gasteiger partial charge on any atom is 0.325 e. The average Bonchev–Trinajstić information content (AvgIpc) is 2.87. The Kier molecular flexibility index (Phi) is 3.72. The third-order valence-electron chi connectivity index (χ3n) is 5.11. The summed E-state index contributed by atoms with van der Waals surface area (Å²) in [5.41, 5.74) is 1.39. The van der Waals surface area contributed by atoms with E-state index in [0.717, 1.165) is 28.9 Å². The van der Waals surface area contributed by atoms with Gasteiger partial charge in [-0.1, -0.05) is 36.4 Å². The fourth-order valence-corrected chi connectivity index (χ4v) is 3.91. The second-order valence-electron chi connectivity index (χ2n) is 6.66. The van der Waals surface area contributed by atoms with Crippen LogP contribution in [0.4, 0.5) is 10.5 Å². The molecule has 0 bridgehead atoms. The van der Waals surface area contributed by atoms with Gasteiger partial charge in [-0.25, -0.2) is 4.79 Å². The molecular weight excluding hydrogens is 334 g/mol. The molecule has 1 spiro atoms. The van der Waals surface area contributed by atoms with Gasteiger partial charge >= 0.3 is 6.03 Å². The van der Waals surface area contributed by atoms with Crippen molar-refractivity contribution in [2.24, 2.45) is 0 Å². The van der Waals surface area contributed by atoms with Gasteiger partial charge in [-0.3, -0.25) is 19.8 Å². The molecule has 0 saturated carbocycles. The zero-order chi connectivity index (χ0) is 18.3. The van der Waals surface area contributed by atoms with Gasteiger partial charge in [0.1, 0.15) is 5.54 Å². The zero-order valence-corrected chi connectivity index (χ0v) is 14.0. The monoisotopic (exact) mass is 351 g/mol. The van der Waals surface area contributed by atoms with Crippen LogP contribution in [0, 0.1) is 10.1 Å². The van der Waals surface area contributed by atoms with Gasteiger partial charge in [0, 0.05) is 12.1 Å². The van der Waals surface area contributed by atoms with E-state index < -0.39 is 16.5 Å². The molecule has 1 N–H and O–H groups in total. The highest BCUT2D eigenvalue weighted by atomic mass is 16.6. The van der Waals surface area contributed by atoms with E-state index in [0.29, 0.717) is 12.0 Å². The molecule has 1 aliphatic carbocycles. The molecule has 0 aromatic heterocycles. The minimum Gasteiger partial charge on any atom is -0.319 e. The van der Waals surface area contributed by atoms with E-state index in [1.54, 1.807) is 12.1 Å². The summed E-state index contributed by atoms with van der Waals surface area (Å²) in [4.78, 5) is 37.3. The Balaban J connectivity index is 1.67. The molecule has 4 rings (SSSR count). The molecule has 0 radical (unpaired) electrons. The van der Waals surface area contributed by atoms with Crippen molar-refractivity contribution < 1.29 is 14.5 Å². The number of nitro benzene ring substituents is 1. The molecule has 2 aromatic rings. The number of nitrogens with zero attached hydrogens (tertiary/aromatic N) is 2. The van der Waals surface area contributed by atoms with Crippen molar-refractivity contribution in [2.45, 2.75) is 31.3 Å². The Morgan fingerprint density at radius 1 is 1.15 bits per heavy atom. The molecule has 1 heterocycles. The molecule has 1 atom stereocenters. The van der Waals surface area contributed by atoms with Gasteiger partial charge in [0.05, 0.1) is 11.5 Å². The molecule has 1 saturated heterocycles. The van der Waals surface area contributed by atoms with Crippen molar-refractivity contribution in [3.63, 3.8) is 0 Å². The number of aryl methyl sites for hydroxylation is 1. The quantitative estimate of drug-likeness (QED) is 0.523. The lowest BCUT2D eigenvalue weighted by Gasteiger charge is -2.33. The number of hydrogen-bond acceptors (Lipinski definition) is 4. The third-order valence-corrected chi connectivity index (χ3v) is 5.11. The van der Waals surface area contributed by atoms with Crippen LogP contribution in [-0.2, 0) is 23.3 Å². The van der Waals surface area contributed by atoms with Crippen LogP contribution in [0.15, 0.2) is 48.5 Å². The van der Waals surface area contributed by atoms with E-state index in [4.69, 9.17) is 0 Å². The highest BCUT2D eigenvalue weighted by molar-refractivity contribution is 6.07. The molecule has 1 fully saturated rings. The van der Waals surface area contributed by atoms with Crippen molar-refractivity contribution in [2.75, 3.05) is 0 Å². The number of fused-ring (bicyclic) bond motifs is 2. The lowest BCUT2D eigenvalue weighted by atomic mass is 9.76. The average molecular weight is 351 g/mol. The highest BCUT2D eigenvalue weighted by Gasteiger charge is 2.53. The Labute approximate surface area is 149 Å². The minimum atomic E-state index is -1.02. The van der Waals surface area contributed by atoms with Gasteiger partial charge in [-0.05, 0) is 36.0 Å². The number of urea groups is 1. The fraction of sp³-hybridized carbons (Fsp3) is 0.263. The Hall–Kier alpha value is -3.22. The lowest BCUT2D eigenvalue weighted by Crippen LogP contribution is -2.46. The molecule has 1 unspecified atom stereocenters. The van der Waals surface area contributed by atoms with E-state index in [1.807, 2.05) is 24.3 Å². The summed E-state index contributed by atoms with van der Waals surface area (Å²) in [6.07, 6.45) is 2.25. The van der Waals surface area contributed by atoms with Crippen molar-refractivity contribution in [3.05, 3.63) is 75.3 Å². The molecule has 132 valence electrons. The first-order valence-corrected chi connectivity index (χ1v) is 8.47. The molecule has 7 nitrogen and oxygen atoms in total. The van der Waals surface area contributed by atoms with E-state index in [-0.39, 0.29) is 18.1 Å². The number of imide groups is 1. The summed E-state index contributed by atoms with van der Waals surface area (Å²) in [7, 11) is 0. The highest BCUT2D eigenvalue weighted by Crippen LogP contribution is 2.40. The van der Waals surface area contributed by atoms with Crippen LogP contribution < -0.4 is 5.32 Å². The molecule has 7 heteroatoms. The van der Waals surface area contributed by atoms with E-state index in [2.05, 4.69) is 5.32 Å². The van der Waals surface area contributed by atoms with Gasteiger partial charge < -0.3 is 5.32 Å². The maximum atomic E-state index is 13.2. The lowest BCUT2D eigenvalue weighted by molar-refractivity contribution is -0.384. The molecule has 26 heavy (non-hydrogen) atoms. The Morgan fingerprint density at radius 2 is 1.96 bits per heavy atom. The maximum absolute atomic E-state index is 13.2. The number of benzene rings is 2. The van der Waals surface area contributed by atoms with Crippen LogP contribution in [0.1, 0.15) is 29.5 Å². The first-order chi connectivity index (χ1) is 12.5. The predicted octanol–water partition coefficient (Wildman–Crippen LogP) is 2.88. The Morgan fingerprint density at radius 3 is 2.77 bits per heavy atom. The van der Waals surface area contributed by atoms with Crippen LogP contribution in [0.5, 0.6) is 0 Å². The summed E-state index contributed by atoms with van der Waals surface area (Å²) in [6, 6.07) is 13.2. The summed E-state index contributed by atoms with van der Waals surface area (Å²) in [5, 5.41) is 13.8. The standard InChI is InChI=1S/C19H17N3O4/c23-17-19(10-4-7-14-6-1-2-9-16(14)19)20-18(24)21(17)12-13-5-3-8-15(11-13)22(25)26/h1-3,5-6,8-9,11H,4,7,10,12H2,(H,20,24). The van der Waals surface area contributed by atoms with E-state index in [1.165, 1.54) is 12.1 Å². The number of carbonyl (C=O) groups excluding carboxylic acids is 2. The minimum absolute atomic E-state index is 0.0102. The van der Waals surface area contributed by atoms with Gasteiger partial charge in [0.25, 0.3) is 11.6 Å². The fourth-order valence-electron chi connectivity index (χ4n) is 3.91. The number of nitrogens with one attached hydrogen (secondary N) is 1. The van der Waals surface area contributed by atoms with Crippen molar-refractivity contribution in [3.8, 4) is 0 Å². The third kappa shape index (κ3) is 2.44. The smallest absolute Gasteiger partial charge is 0.319 e. The predicted molar refractivity (Wildman–Crippen MR) is 93.2 cm³/mol. The normalized spacial score (nSPS) is 21.6. The van der Waals surface area contributed by atoms with Crippen LogP contribution in [0.3, 0.4) is 0 Å². The molecular formula is C19H17N3O4. The van der Waals surface area contributed by atoms with E-state index >= 15 is 0 Å². The van der Waals surface area contributed by atoms with Crippen LogP contribution >= 0.6 is 0 Å². The summed E-state index contributed by atoms with van der Waals surface area (Å²) < 4.78 is 0. The number of carbonyl (C=O) groups is 2. The van der Waals surface area contributed by atoms with Gasteiger partial charge in [0.15, 0.2) is 0 Å². The van der Waals surface area contributed by atoms with Crippen LogP contribution in [0.25, 0.3) is 0 Å². The molecule has 2 aliphatic rings. The first kappa shape index (κ1) is 16.3. The van der Waals surface area contributed by atoms with Gasteiger partial charge in [-0.15, -0.1) is 0 Å². The van der Waals surface area contributed by atoms with Crippen LogP contribution in [-0.4, -0.2) is 21.8 Å². The molecule has 2 aromatic carbocycles. The van der Waals surface area contributed by atoms with Crippen molar-refractivity contribution in [1.29, 1.82) is 0 Å². The second-order valence-corrected chi connectivity index (χ2v) is 6.66. The zero-order valence-electron chi connectivity index (χ0n) is 14.0. The first-order valence-electron chi connectivity index (χ1n) is 8.47. The van der Waals surface area contributed by atoms with Crippen LogP contribution in [0.2, 0.25) is 0 Å². The number of hydrogen-bond donors (Lipinski definition) is 1. The van der Waals surface area contributed by atoms with Crippen molar-refractivity contribution >= 4 is 17.6 Å². The van der Waals surface area contributed by atoms with Gasteiger partial charge in [-0.2, -0.15) is 0 Å². The van der Waals surface area contributed by atoms with Crippen molar-refractivity contribution in [1.82, 2.24) is 10.2 Å². The summed E-state index contributed by atoms with van der Waals surface area (Å²) >= 11 is 0. The Bertz CT molecular complexity index is 927. The largest absolute Gasteiger partial charge is 0.325 e. The number of non-ortho nitro benzene ring substituents is 1. The SMILES string of the molecule is O=C1NC2(CCCc3ccccc32)C(=O)N1Cc1cccc([N+](=O)[O-])c1. The topological polar surface area (TPSA) is 92.6 Å². The summed E-state index contributed by atoms with van der Waals surface area (Å²) in [5.74, 6) is -0.291. The number of nitro groups is 1. The number of rotatable bonds is 3. The second kappa shape index (κ2) is 5.94. The molecule has 3 amide bonds. The van der Waals surface area contributed by atoms with Gasteiger partial charge in [0.2, 0.25) is 0 Å². The summed E-state index contributed by atoms with van der Waals surface area (Å²) in [6.45, 7) is 0.0102. The van der Waals surface area contributed by atoms with E-state index in [9.17, 15) is 19.7 Å².